The fourth-order valence-electron chi connectivity index (χ4n) is 1.71. The van der Waals surface area contributed by atoms with Gasteiger partial charge >= 0.3 is 0 Å². The van der Waals surface area contributed by atoms with Crippen LogP contribution < -0.4 is 5.32 Å². The average molecular weight is 310 g/mol. The van der Waals surface area contributed by atoms with Gasteiger partial charge in [-0.2, -0.15) is 0 Å². The lowest BCUT2D eigenvalue weighted by Crippen LogP contribution is -2.13. The minimum Gasteiger partial charge on any atom is -0.322 e. The molecule has 1 amide bonds. The number of rotatable bonds is 4. The van der Waals surface area contributed by atoms with Crippen LogP contribution in [0.3, 0.4) is 0 Å². The van der Waals surface area contributed by atoms with Crippen molar-refractivity contribution in [3.63, 3.8) is 0 Å². The Morgan fingerprint density at radius 1 is 1.30 bits per heavy atom. The van der Waals surface area contributed by atoms with Crippen molar-refractivity contribution >= 4 is 35.0 Å². The molecule has 0 aliphatic rings. The van der Waals surface area contributed by atoms with E-state index < -0.39 is 5.82 Å². The lowest BCUT2D eigenvalue weighted by Gasteiger charge is -2.09. The maximum absolute atomic E-state index is 13.1. The third-order valence-corrected chi connectivity index (χ3v) is 3.85. The summed E-state index contributed by atoms with van der Waals surface area (Å²) in [7, 11) is 0. The smallest absolute Gasteiger partial charge is 0.256 e. The van der Waals surface area contributed by atoms with E-state index in [1.807, 2.05) is 25.1 Å². The highest BCUT2D eigenvalue weighted by atomic mass is 35.5. The topological polar surface area (TPSA) is 29.1 Å². The minimum absolute atomic E-state index is 0.0148. The molecule has 2 aromatic rings. The summed E-state index contributed by atoms with van der Waals surface area (Å²) < 4.78 is 13.1. The Bertz CT molecular complexity index is 633. The minimum atomic E-state index is -0.508. The number of carbonyl (C=O) groups is 1. The number of thioether (sulfide) groups is 1. The van der Waals surface area contributed by atoms with Gasteiger partial charge in [-0.25, -0.2) is 4.39 Å². The van der Waals surface area contributed by atoms with Gasteiger partial charge in [0.25, 0.3) is 5.91 Å². The predicted octanol–water partition coefficient (Wildman–Crippen LogP) is 4.84. The third-order valence-electron chi connectivity index (χ3n) is 2.61. The zero-order chi connectivity index (χ0) is 14.5. The summed E-state index contributed by atoms with van der Waals surface area (Å²) in [6.45, 7) is 2.03. The molecular weight excluding hydrogens is 297 g/mol. The predicted molar refractivity (Wildman–Crippen MR) is 82.2 cm³/mol. The van der Waals surface area contributed by atoms with Gasteiger partial charge in [0.1, 0.15) is 5.82 Å². The van der Waals surface area contributed by atoms with Crippen LogP contribution in [0.15, 0.2) is 47.4 Å². The van der Waals surface area contributed by atoms with Crippen molar-refractivity contribution in [1.29, 1.82) is 0 Å². The van der Waals surface area contributed by atoms with Crippen molar-refractivity contribution in [2.75, 3.05) is 11.1 Å². The molecule has 0 radical (unpaired) electrons. The summed E-state index contributed by atoms with van der Waals surface area (Å²) in [5.41, 5.74) is 1.07. The van der Waals surface area contributed by atoms with Crippen LogP contribution in [0.1, 0.15) is 17.3 Å². The molecule has 0 atom stereocenters. The molecule has 0 aliphatic carbocycles. The second-order valence-corrected chi connectivity index (χ2v) is 5.73. The van der Waals surface area contributed by atoms with Crippen molar-refractivity contribution in [2.45, 2.75) is 11.8 Å². The first-order chi connectivity index (χ1) is 9.61. The molecule has 2 nitrogen and oxygen atoms in total. The summed E-state index contributed by atoms with van der Waals surface area (Å²) in [4.78, 5) is 13.2. The number of nitrogens with one attached hydrogen (secondary N) is 1. The van der Waals surface area contributed by atoms with Gasteiger partial charge in [0.2, 0.25) is 0 Å². The van der Waals surface area contributed by atoms with Crippen molar-refractivity contribution < 1.29 is 9.18 Å². The van der Waals surface area contributed by atoms with Gasteiger partial charge in [0.15, 0.2) is 0 Å². The highest BCUT2D eigenvalue weighted by Gasteiger charge is 2.11. The molecule has 0 heterocycles. The highest BCUT2D eigenvalue weighted by molar-refractivity contribution is 7.99. The van der Waals surface area contributed by atoms with Crippen LogP contribution in [0, 0.1) is 5.82 Å². The molecule has 0 fully saturated rings. The lowest BCUT2D eigenvalue weighted by atomic mass is 10.2. The van der Waals surface area contributed by atoms with E-state index >= 15 is 0 Å². The first kappa shape index (κ1) is 14.9. The number of hydrogen-bond acceptors (Lipinski definition) is 2. The molecule has 0 aliphatic heterocycles. The van der Waals surface area contributed by atoms with Gasteiger partial charge in [0, 0.05) is 10.6 Å². The molecule has 0 bridgehead atoms. The van der Waals surface area contributed by atoms with E-state index in [0.29, 0.717) is 11.3 Å². The first-order valence-electron chi connectivity index (χ1n) is 6.10. The Morgan fingerprint density at radius 2 is 2.05 bits per heavy atom. The maximum Gasteiger partial charge on any atom is 0.256 e. The van der Waals surface area contributed by atoms with Crippen LogP contribution in [-0.2, 0) is 0 Å². The van der Waals surface area contributed by atoms with Crippen molar-refractivity contribution in [3.05, 3.63) is 58.9 Å². The summed E-state index contributed by atoms with van der Waals surface area (Å²) in [5, 5.41) is 2.71. The fraction of sp³-hybridized carbons (Fsp3) is 0.133. The zero-order valence-corrected chi connectivity index (χ0v) is 12.4. The third kappa shape index (κ3) is 3.52. The summed E-state index contributed by atoms with van der Waals surface area (Å²) in [6, 6.07) is 11.5. The number of benzene rings is 2. The molecule has 0 spiro atoms. The second-order valence-electron chi connectivity index (χ2n) is 4.01. The quantitative estimate of drug-likeness (QED) is 0.818. The molecule has 104 valence electrons. The number of anilines is 1. The van der Waals surface area contributed by atoms with E-state index in [0.717, 1.165) is 10.6 Å². The number of amides is 1. The van der Waals surface area contributed by atoms with Crippen LogP contribution in [-0.4, -0.2) is 11.7 Å². The van der Waals surface area contributed by atoms with Crippen LogP contribution in [0.5, 0.6) is 0 Å². The summed E-state index contributed by atoms with van der Waals surface area (Å²) >= 11 is 7.29. The van der Waals surface area contributed by atoms with Crippen LogP contribution in [0.2, 0.25) is 5.02 Å². The summed E-state index contributed by atoms with van der Waals surface area (Å²) in [5.74, 6) is 0.142. The van der Waals surface area contributed by atoms with Gasteiger partial charge in [-0.05, 0) is 36.1 Å². The van der Waals surface area contributed by atoms with Crippen molar-refractivity contribution in [3.8, 4) is 0 Å². The Balaban J connectivity index is 2.21. The van der Waals surface area contributed by atoms with Gasteiger partial charge in [-0.1, -0.05) is 30.7 Å². The molecular formula is C15H13ClFNOS. The molecule has 2 aromatic carbocycles. The number of halogens is 2. The maximum atomic E-state index is 13.1. The molecule has 5 heteroatoms. The SMILES string of the molecule is CCSc1ccccc1C(=O)Nc1ccc(F)c(Cl)c1. The summed E-state index contributed by atoms with van der Waals surface area (Å²) in [6.07, 6.45) is 0. The average Bonchev–Trinajstić information content (AvgIpc) is 2.44. The Morgan fingerprint density at radius 3 is 2.75 bits per heavy atom. The van der Waals surface area contributed by atoms with Crippen LogP contribution in [0.4, 0.5) is 10.1 Å². The van der Waals surface area contributed by atoms with Gasteiger partial charge in [-0.15, -0.1) is 11.8 Å². The zero-order valence-electron chi connectivity index (χ0n) is 10.8. The molecule has 0 saturated heterocycles. The lowest BCUT2D eigenvalue weighted by molar-refractivity contribution is 0.102. The largest absolute Gasteiger partial charge is 0.322 e. The van der Waals surface area contributed by atoms with E-state index in [9.17, 15) is 9.18 Å². The van der Waals surface area contributed by atoms with Crippen LogP contribution >= 0.6 is 23.4 Å². The Labute approximate surface area is 126 Å². The second kappa shape index (κ2) is 6.77. The molecule has 1 N–H and O–H groups in total. The van der Waals surface area contributed by atoms with Gasteiger partial charge < -0.3 is 5.32 Å². The monoisotopic (exact) mass is 309 g/mol. The Hall–Kier alpha value is -1.52. The first-order valence-corrected chi connectivity index (χ1v) is 7.46. The normalized spacial score (nSPS) is 10.3. The Kier molecular flexibility index (Phi) is 5.04. The van der Waals surface area contributed by atoms with E-state index in [1.165, 1.54) is 18.2 Å². The highest BCUT2D eigenvalue weighted by Crippen LogP contribution is 2.24. The van der Waals surface area contributed by atoms with Crippen molar-refractivity contribution in [1.82, 2.24) is 0 Å². The molecule has 0 aromatic heterocycles. The standard InChI is InChI=1S/C15H13ClFNOS/c1-2-20-14-6-4-3-5-11(14)15(19)18-10-7-8-13(17)12(16)9-10/h3-9H,2H2,1H3,(H,18,19). The fourth-order valence-corrected chi connectivity index (χ4v) is 2.69. The van der Waals surface area contributed by atoms with Crippen LogP contribution in [0.25, 0.3) is 0 Å². The van der Waals surface area contributed by atoms with Gasteiger partial charge in [-0.3, -0.25) is 4.79 Å². The van der Waals surface area contributed by atoms with E-state index in [4.69, 9.17) is 11.6 Å². The van der Waals surface area contributed by atoms with Gasteiger partial charge in [0.05, 0.1) is 10.6 Å². The molecule has 0 saturated carbocycles. The van der Waals surface area contributed by atoms with E-state index in [2.05, 4.69) is 5.32 Å². The van der Waals surface area contributed by atoms with Crippen molar-refractivity contribution in [2.24, 2.45) is 0 Å². The molecule has 0 unspecified atom stereocenters. The number of carbonyl (C=O) groups excluding carboxylic acids is 1. The van der Waals surface area contributed by atoms with E-state index in [-0.39, 0.29) is 10.9 Å². The number of hydrogen-bond donors (Lipinski definition) is 1. The van der Waals surface area contributed by atoms with E-state index in [1.54, 1.807) is 17.8 Å². The molecule has 20 heavy (non-hydrogen) atoms. The molecule has 2 rings (SSSR count).